The number of nitrogens with one attached hydrogen (secondary N) is 1. The van der Waals surface area contributed by atoms with Gasteiger partial charge in [-0.2, -0.15) is 0 Å². The van der Waals surface area contributed by atoms with Gasteiger partial charge in [0.25, 0.3) is 5.91 Å². The topological polar surface area (TPSA) is 72.9 Å². The maximum Gasteiger partial charge on any atom is 0.253 e. The molecule has 148 valence electrons. The Labute approximate surface area is 161 Å². The van der Waals surface area contributed by atoms with Gasteiger partial charge in [0, 0.05) is 37.8 Å². The molecule has 2 aliphatic rings. The predicted octanol–water partition coefficient (Wildman–Crippen LogP) is 1.77. The fourth-order valence-corrected chi connectivity index (χ4v) is 3.56. The molecule has 3 rings (SSSR count). The molecule has 1 aliphatic heterocycles. The van der Waals surface area contributed by atoms with Crippen LogP contribution in [0.4, 0.5) is 0 Å². The lowest BCUT2D eigenvalue weighted by Crippen LogP contribution is -2.45. The number of likely N-dealkylation sites (tertiary alicyclic amines) is 1. The molecule has 2 fully saturated rings. The van der Waals surface area contributed by atoms with Crippen molar-refractivity contribution in [2.24, 2.45) is 0 Å². The molecule has 1 heterocycles. The quantitative estimate of drug-likeness (QED) is 0.729. The summed E-state index contributed by atoms with van der Waals surface area (Å²) in [6, 6.07) is 7.90. The van der Waals surface area contributed by atoms with Gasteiger partial charge >= 0.3 is 0 Å². The van der Waals surface area contributed by atoms with Gasteiger partial charge in [-0.3, -0.25) is 14.5 Å². The third-order valence-corrected chi connectivity index (χ3v) is 5.08. The Morgan fingerprint density at radius 2 is 1.81 bits per heavy atom. The van der Waals surface area contributed by atoms with Gasteiger partial charge in [-0.25, -0.2) is 0 Å². The van der Waals surface area contributed by atoms with E-state index in [4.69, 9.17) is 0 Å². The highest BCUT2D eigenvalue weighted by atomic mass is 16.3. The molecule has 1 aromatic carbocycles. The zero-order valence-electron chi connectivity index (χ0n) is 16.4. The second-order valence-electron chi connectivity index (χ2n) is 8.42. The van der Waals surface area contributed by atoms with Gasteiger partial charge < -0.3 is 15.3 Å². The standard InChI is InChI=1S/C21H31N3O3/c1-21(2,27)15-24(18-9-10-18)14-19(25)22-13-16-5-7-17(8-6-16)20(26)23-11-3-4-12-23/h5-8,18,27H,3-4,9-15H2,1-2H3,(H,22,25). The third kappa shape index (κ3) is 6.04. The number of carbonyl (C=O) groups is 2. The van der Waals surface area contributed by atoms with Crippen LogP contribution in [0, 0.1) is 0 Å². The van der Waals surface area contributed by atoms with E-state index in [0.717, 1.165) is 44.3 Å². The first-order valence-electron chi connectivity index (χ1n) is 9.93. The van der Waals surface area contributed by atoms with Crippen LogP contribution in [0.1, 0.15) is 55.5 Å². The second kappa shape index (κ2) is 8.40. The van der Waals surface area contributed by atoms with Crippen LogP contribution >= 0.6 is 0 Å². The average Bonchev–Trinajstić information content (AvgIpc) is 3.32. The molecule has 2 N–H and O–H groups in total. The van der Waals surface area contributed by atoms with Gasteiger partial charge in [0.05, 0.1) is 12.1 Å². The lowest BCUT2D eigenvalue weighted by molar-refractivity contribution is -0.123. The van der Waals surface area contributed by atoms with Crippen LogP contribution in [0.15, 0.2) is 24.3 Å². The van der Waals surface area contributed by atoms with E-state index in [9.17, 15) is 14.7 Å². The Kier molecular flexibility index (Phi) is 6.17. The summed E-state index contributed by atoms with van der Waals surface area (Å²) in [5, 5.41) is 13.0. The summed E-state index contributed by atoms with van der Waals surface area (Å²) in [4.78, 5) is 28.6. The highest BCUT2D eigenvalue weighted by Gasteiger charge is 2.33. The van der Waals surface area contributed by atoms with Crippen LogP contribution < -0.4 is 5.32 Å². The van der Waals surface area contributed by atoms with Crippen LogP contribution in [0.25, 0.3) is 0 Å². The summed E-state index contributed by atoms with van der Waals surface area (Å²) in [7, 11) is 0. The monoisotopic (exact) mass is 373 g/mol. The van der Waals surface area contributed by atoms with Crippen molar-refractivity contribution >= 4 is 11.8 Å². The van der Waals surface area contributed by atoms with E-state index in [1.807, 2.05) is 29.2 Å². The van der Waals surface area contributed by atoms with Crippen molar-refractivity contribution in [1.82, 2.24) is 15.1 Å². The Hall–Kier alpha value is -1.92. The molecule has 0 unspecified atom stereocenters. The molecular weight excluding hydrogens is 342 g/mol. The molecule has 0 spiro atoms. The number of benzene rings is 1. The van der Waals surface area contributed by atoms with Crippen LogP contribution in [-0.2, 0) is 11.3 Å². The van der Waals surface area contributed by atoms with E-state index in [0.29, 0.717) is 31.2 Å². The fourth-order valence-electron chi connectivity index (χ4n) is 3.56. The molecule has 2 amide bonds. The van der Waals surface area contributed by atoms with Crippen molar-refractivity contribution in [3.05, 3.63) is 35.4 Å². The Bertz CT molecular complexity index is 656. The van der Waals surface area contributed by atoms with Crippen LogP contribution in [0.5, 0.6) is 0 Å². The molecule has 0 radical (unpaired) electrons. The number of hydrogen-bond acceptors (Lipinski definition) is 4. The molecule has 1 saturated carbocycles. The minimum absolute atomic E-state index is 0.0385. The van der Waals surface area contributed by atoms with Crippen LogP contribution in [-0.4, -0.2) is 64.5 Å². The Morgan fingerprint density at radius 3 is 2.37 bits per heavy atom. The van der Waals surface area contributed by atoms with Crippen LogP contribution in [0.3, 0.4) is 0 Å². The van der Waals surface area contributed by atoms with Crippen molar-refractivity contribution in [2.75, 3.05) is 26.2 Å². The average molecular weight is 373 g/mol. The maximum atomic E-state index is 12.4. The van der Waals surface area contributed by atoms with Gasteiger partial charge in [0.15, 0.2) is 0 Å². The molecule has 0 atom stereocenters. The van der Waals surface area contributed by atoms with E-state index >= 15 is 0 Å². The molecule has 6 heteroatoms. The van der Waals surface area contributed by atoms with Crippen molar-refractivity contribution in [2.45, 2.75) is 57.7 Å². The lowest BCUT2D eigenvalue weighted by Gasteiger charge is -2.28. The maximum absolute atomic E-state index is 12.4. The number of nitrogens with zero attached hydrogens (tertiary/aromatic N) is 2. The highest BCUT2D eigenvalue weighted by Crippen LogP contribution is 2.27. The van der Waals surface area contributed by atoms with E-state index < -0.39 is 5.60 Å². The fraction of sp³-hybridized carbons (Fsp3) is 0.619. The summed E-state index contributed by atoms with van der Waals surface area (Å²) >= 11 is 0. The normalized spacial score (nSPS) is 17.4. The summed E-state index contributed by atoms with van der Waals surface area (Å²) in [5.74, 6) is 0.0538. The van der Waals surface area contributed by atoms with Crippen molar-refractivity contribution < 1.29 is 14.7 Å². The largest absolute Gasteiger partial charge is 0.389 e. The minimum Gasteiger partial charge on any atom is -0.389 e. The van der Waals surface area contributed by atoms with Crippen molar-refractivity contribution in [3.8, 4) is 0 Å². The smallest absolute Gasteiger partial charge is 0.253 e. The molecule has 6 nitrogen and oxygen atoms in total. The molecule has 1 aromatic rings. The van der Waals surface area contributed by atoms with Crippen molar-refractivity contribution in [3.63, 3.8) is 0 Å². The SMILES string of the molecule is CC(C)(O)CN(CC(=O)NCc1ccc(C(=O)N2CCCC2)cc1)C1CC1. The predicted molar refractivity (Wildman–Crippen MR) is 104 cm³/mol. The molecule has 1 aliphatic carbocycles. The molecule has 1 saturated heterocycles. The van der Waals surface area contributed by atoms with Gasteiger partial charge in [-0.1, -0.05) is 12.1 Å². The number of rotatable bonds is 8. The zero-order chi connectivity index (χ0) is 19.4. The molecular formula is C21H31N3O3. The number of aliphatic hydroxyl groups is 1. The van der Waals surface area contributed by atoms with Crippen molar-refractivity contribution in [1.29, 1.82) is 0 Å². The number of hydrogen-bond donors (Lipinski definition) is 2. The summed E-state index contributed by atoms with van der Waals surface area (Å²) in [6.45, 7) is 6.48. The van der Waals surface area contributed by atoms with Gasteiger partial charge in [-0.05, 0) is 57.2 Å². The summed E-state index contributed by atoms with van der Waals surface area (Å²) in [5.41, 5.74) is 0.875. The van der Waals surface area contributed by atoms with E-state index in [1.165, 1.54) is 0 Å². The molecule has 0 aromatic heterocycles. The van der Waals surface area contributed by atoms with Gasteiger partial charge in [-0.15, -0.1) is 0 Å². The lowest BCUT2D eigenvalue weighted by atomic mass is 10.1. The first kappa shape index (κ1) is 19.8. The van der Waals surface area contributed by atoms with E-state index in [-0.39, 0.29) is 11.8 Å². The zero-order valence-corrected chi connectivity index (χ0v) is 16.4. The summed E-state index contributed by atoms with van der Waals surface area (Å²) < 4.78 is 0. The molecule has 27 heavy (non-hydrogen) atoms. The third-order valence-electron chi connectivity index (χ3n) is 5.08. The van der Waals surface area contributed by atoms with Crippen LogP contribution in [0.2, 0.25) is 0 Å². The van der Waals surface area contributed by atoms with E-state index in [1.54, 1.807) is 13.8 Å². The van der Waals surface area contributed by atoms with E-state index in [2.05, 4.69) is 10.2 Å². The first-order chi connectivity index (χ1) is 12.8. The highest BCUT2D eigenvalue weighted by molar-refractivity contribution is 5.94. The number of amides is 2. The van der Waals surface area contributed by atoms with Gasteiger partial charge in [0.2, 0.25) is 5.91 Å². The first-order valence-corrected chi connectivity index (χ1v) is 9.93. The Morgan fingerprint density at radius 1 is 1.19 bits per heavy atom. The minimum atomic E-state index is -0.805. The van der Waals surface area contributed by atoms with Gasteiger partial charge in [0.1, 0.15) is 0 Å². The molecule has 0 bridgehead atoms. The summed E-state index contributed by atoms with van der Waals surface area (Å²) in [6.07, 6.45) is 4.36. The number of carbonyl (C=O) groups excluding carboxylic acids is 2. The second-order valence-corrected chi connectivity index (χ2v) is 8.42. The Balaban J connectivity index is 1.47.